The molecule has 1 heterocycles. The summed E-state index contributed by atoms with van der Waals surface area (Å²) < 4.78 is 54.9. The Labute approximate surface area is 186 Å². The van der Waals surface area contributed by atoms with E-state index in [1.54, 1.807) is 48.5 Å². The van der Waals surface area contributed by atoms with Gasteiger partial charge in [-0.1, -0.05) is 54.6 Å². The van der Waals surface area contributed by atoms with Crippen molar-refractivity contribution < 1.29 is 22.6 Å². The van der Waals surface area contributed by atoms with Crippen LogP contribution in [0.2, 0.25) is 0 Å². The van der Waals surface area contributed by atoms with Crippen LogP contribution in [0.3, 0.4) is 0 Å². The highest BCUT2D eigenvalue weighted by Gasteiger charge is 2.22. The molecular formula is C27H25F3O2. The highest BCUT2D eigenvalue weighted by atomic mass is 19.2. The largest absolute Gasteiger partial charge is 0.352 e. The molecule has 166 valence electrons. The number of benzene rings is 3. The fraction of sp³-hybridized carbons (Fsp3) is 0.259. The fourth-order valence-electron chi connectivity index (χ4n) is 3.90. The average Bonchev–Trinajstić information content (AvgIpc) is 2.81. The molecule has 0 saturated carbocycles. The molecule has 0 amide bonds. The van der Waals surface area contributed by atoms with Gasteiger partial charge in [-0.2, -0.15) is 0 Å². The second-order valence-corrected chi connectivity index (χ2v) is 7.98. The summed E-state index contributed by atoms with van der Waals surface area (Å²) in [5, 5.41) is 0. The summed E-state index contributed by atoms with van der Waals surface area (Å²) in [5.41, 5.74) is 2.96. The van der Waals surface area contributed by atoms with Gasteiger partial charge >= 0.3 is 0 Å². The first-order chi connectivity index (χ1) is 15.5. The molecule has 5 heteroatoms. The Morgan fingerprint density at radius 2 is 1.50 bits per heavy atom. The Morgan fingerprint density at radius 1 is 0.875 bits per heavy atom. The van der Waals surface area contributed by atoms with Gasteiger partial charge in [0.2, 0.25) is 0 Å². The summed E-state index contributed by atoms with van der Waals surface area (Å²) >= 11 is 0. The first kappa shape index (κ1) is 22.3. The van der Waals surface area contributed by atoms with Crippen LogP contribution in [0.4, 0.5) is 13.2 Å². The van der Waals surface area contributed by atoms with Gasteiger partial charge in [-0.05, 0) is 48.1 Å². The van der Waals surface area contributed by atoms with Crippen molar-refractivity contribution in [3.05, 3.63) is 95.8 Å². The van der Waals surface area contributed by atoms with E-state index in [1.165, 1.54) is 6.07 Å². The molecule has 32 heavy (non-hydrogen) atoms. The van der Waals surface area contributed by atoms with Crippen LogP contribution in [0.5, 0.6) is 0 Å². The third-order valence-corrected chi connectivity index (χ3v) is 5.82. The van der Waals surface area contributed by atoms with Gasteiger partial charge < -0.3 is 9.47 Å². The number of hydrogen-bond donors (Lipinski definition) is 0. The molecule has 1 aliphatic rings. The van der Waals surface area contributed by atoms with E-state index in [1.807, 2.05) is 13.0 Å². The standard InChI is InChI=1S/C27H25F3O2/c1-3-4-5-20-10-13-24(27(30)26(20)29)19-8-6-18(7-9-19)23-12-11-21(14-25(23)28)22-15-31-17(2)32-16-22/h3,6-14,17,22H,1,4-5,15-16H2,2H3. The summed E-state index contributed by atoms with van der Waals surface area (Å²) in [6.45, 7) is 6.42. The van der Waals surface area contributed by atoms with Crippen LogP contribution in [0.25, 0.3) is 22.3 Å². The van der Waals surface area contributed by atoms with Crippen molar-refractivity contribution in [3.8, 4) is 22.3 Å². The van der Waals surface area contributed by atoms with Crippen LogP contribution in [0.1, 0.15) is 30.4 Å². The average molecular weight is 438 g/mol. The summed E-state index contributed by atoms with van der Waals surface area (Å²) in [6, 6.07) is 15.1. The number of halogens is 3. The third kappa shape index (κ3) is 4.64. The zero-order valence-corrected chi connectivity index (χ0v) is 17.9. The Bertz CT molecular complexity index is 1100. The monoisotopic (exact) mass is 438 g/mol. The number of ether oxygens (including phenoxy) is 2. The molecule has 1 saturated heterocycles. The van der Waals surface area contributed by atoms with E-state index >= 15 is 0 Å². The smallest absolute Gasteiger partial charge is 0.166 e. The first-order valence-corrected chi connectivity index (χ1v) is 10.7. The molecule has 0 unspecified atom stereocenters. The predicted molar refractivity (Wildman–Crippen MR) is 120 cm³/mol. The lowest BCUT2D eigenvalue weighted by Crippen LogP contribution is -2.28. The van der Waals surface area contributed by atoms with Gasteiger partial charge in [0, 0.05) is 17.0 Å². The summed E-state index contributed by atoms with van der Waals surface area (Å²) in [7, 11) is 0. The molecular weight excluding hydrogens is 413 g/mol. The van der Waals surface area contributed by atoms with Crippen molar-refractivity contribution in [1.82, 2.24) is 0 Å². The second kappa shape index (κ2) is 9.72. The highest BCUT2D eigenvalue weighted by Crippen LogP contribution is 2.32. The second-order valence-electron chi connectivity index (χ2n) is 7.98. The molecule has 0 radical (unpaired) electrons. The predicted octanol–water partition coefficient (Wildman–Crippen LogP) is 7.03. The lowest BCUT2D eigenvalue weighted by molar-refractivity contribution is -0.176. The van der Waals surface area contributed by atoms with E-state index in [0.29, 0.717) is 48.3 Å². The SMILES string of the molecule is C=CCCc1ccc(-c2ccc(-c3ccc(C4COC(C)OC4)cc3F)cc2)c(F)c1F. The van der Waals surface area contributed by atoms with Crippen LogP contribution in [0, 0.1) is 17.5 Å². The molecule has 0 atom stereocenters. The summed E-state index contributed by atoms with van der Waals surface area (Å²) in [4.78, 5) is 0. The summed E-state index contributed by atoms with van der Waals surface area (Å²) in [6.07, 6.45) is 2.41. The number of allylic oxidation sites excluding steroid dienone is 1. The lowest BCUT2D eigenvalue weighted by atomic mass is 9.95. The Kier molecular flexibility index (Phi) is 6.77. The molecule has 1 fully saturated rings. The van der Waals surface area contributed by atoms with Crippen molar-refractivity contribution in [2.75, 3.05) is 13.2 Å². The molecule has 0 spiro atoms. The lowest BCUT2D eigenvalue weighted by Gasteiger charge is -2.27. The molecule has 0 N–H and O–H groups in total. The Morgan fingerprint density at radius 3 is 2.12 bits per heavy atom. The van der Waals surface area contributed by atoms with Crippen molar-refractivity contribution in [2.45, 2.75) is 32.0 Å². The zero-order chi connectivity index (χ0) is 22.7. The van der Waals surface area contributed by atoms with Crippen molar-refractivity contribution in [2.24, 2.45) is 0 Å². The molecule has 0 aliphatic carbocycles. The summed E-state index contributed by atoms with van der Waals surface area (Å²) in [5.74, 6) is -2.07. The maximum absolute atomic E-state index is 14.9. The van der Waals surface area contributed by atoms with Crippen LogP contribution < -0.4 is 0 Å². The third-order valence-electron chi connectivity index (χ3n) is 5.82. The van der Waals surface area contributed by atoms with Crippen LogP contribution in [-0.4, -0.2) is 19.5 Å². The Balaban J connectivity index is 1.55. The van der Waals surface area contributed by atoms with E-state index in [9.17, 15) is 13.2 Å². The van der Waals surface area contributed by atoms with Gasteiger partial charge in [-0.15, -0.1) is 6.58 Å². The van der Waals surface area contributed by atoms with Crippen molar-refractivity contribution in [3.63, 3.8) is 0 Å². The minimum Gasteiger partial charge on any atom is -0.352 e. The van der Waals surface area contributed by atoms with Gasteiger partial charge in [0.05, 0.1) is 13.2 Å². The number of aryl methyl sites for hydroxylation is 1. The molecule has 2 nitrogen and oxygen atoms in total. The van der Waals surface area contributed by atoms with Crippen LogP contribution >= 0.6 is 0 Å². The molecule has 3 aromatic carbocycles. The number of hydrogen-bond acceptors (Lipinski definition) is 2. The molecule has 0 bridgehead atoms. The maximum Gasteiger partial charge on any atom is 0.166 e. The van der Waals surface area contributed by atoms with Gasteiger partial charge in [0.15, 0.2) is 17.9 Å². The molecule has 1 aliphatic heterocycles. The van der Waals surface area contributed by atoms with E-state index in [0.717, 1.165) is 5.56 Å². The van der Waals surface area contributed by atoms with E-state index in [4.69, 9.17) is 9.47 Å². The minimum atomic E-state index is -0.874. The van der Waals surface area contributed by atoms with E-state index in [2.05, 4.69) is 6.58 Å². The zero-order valence-electron chi connectivity index (χ0n) is 17.9. The number of rotatable bonds is 6. The van der Waals surface area contributed by atoms with Crippen molar-refractivity contribution in [1.29, 1.82) is 0 Å². The van der Waals surface area contributed by atoms with Gasteiger partial charge in [0.25, 0.3) is 0 Å². The van der Waals surface area contributed by atoms with Gasteiger partial charge in [-0.3, -0.25) is 0 Å². The quantitative estimate of drug-likeness (QED) is 0.385. The normalized spacial score (nSPS) is 18.5. The molecule has 3 aromatic rings. The van der Waals surface area contributed by atoms with E-state index < -0.39 is 11.6 Å². The fourth-order valence-corrected chi connectivity index (χ4v) is 3.90. The Hall–Kier alpha value is -2.89. The first-order valence-electron chi connectivity index (χ1n) is 10.7. The highest BCUT2D eigenvalue weighted by molar-refractivity contribution is 5.71. The topological polar surface area (TPSA) is 18.5 Å². The molecule has 0 aromatic heterocycles. The van der Waals surface area contributed by atoms with E-state index in [-0.39, 0.29) is 23.6 Å². The minimum absolute atomic E-state index is 0.00977. The molecule has 4 rings (SSSR count). The van der Waals surface area contributed by atoms with Crippen LogP contribution in [-0.2, 0) is 15.9 Å². The maximum atomic E-state index is 14.9. The van der Waals surface area contributed by atoms with Crippen molar-refractivity contribution >= 4 is 0 Å². The van der Waals surface area contributed by atoms with Crippen LogP contribution in [0.15, 0.2) is 67.3 Å². The van der Waals surface area contributed by atoms with Gasteiger partial charge in [-0.25, -0.2) is 13.2 Å². The van der Waals surface area contributed by atoms with Gasteiger partial charge in [0.1, 0.15) is 5.82 Å².